The lowest BCUT2D eigenvalue weighted by molar-refractivity contribution is -0.114. The monoisotopic (exact) mass is 231 g/mol. The number of nitrogens with one attached hydrogen (secondary N) is 2. The molecule has 1 aromatic rings. The molecule has 1 amide bonds. The summed E-state index contributed by atoms with van der Waals surface area (Å²) in [6.07, 6.45) is 3.37. The predicted molar refractivity (Wildman–Crippen MR) is 70.5 cm³/mol. The highest BCUT2D eigenvalue weighted by molar-refractivity contribution is 5.96. The molecule has 0 radical (unpaired) electrons. The number of nitrogens with zero attached hydrogens (tertiary/aromatic N) is 1. The number of carbonyl (C=O) groups is 1. The van der Waals surface area contributed by atoms with Crippen molar-refractivity contribution in [3.63, 3.8) is 0 Å². The van der Waals surface area contributed by atoms with Crippen molar-refractivity contribution in [2.45, 2.75) is 26.2 Å². The van der Waals surface area contributed by atoms with E-state index in [2.05, 4.69) is 15.6 Å². The molecular weight excluding hydrogens is 214 g/mol. The van der Waals surface area contributed by atoms with E-state index >= 15 is 0 Å². The number of aliphatic imine (C=N–C) groups is 1. The van der Waals surface area contributed by atoms with E-state index in [1.807, 2.05) is 24.3 Å². The standard InChI is InChI=1S/C13H17N3O/c1-10(17)15-11-5-4-6-12(9-11)16-13-7-2-3-8-14-13/h4-6,9H,2-3,7-8H2,1H3,(H,14,16)(H,15,17). The Hall–Kier alpha value is -1.84. The third kappa shape index (κ3) is 3.59. The molecule has 0 aromatic heterocycles. The van der Waals surface area contributed by atoms with Crippen LogP contribution in [-0.2, 0) is 4.79 Å². The van der Waals surface area contributed by atoms with Gasteiger partial charge in [0, 0.05) is 31.3 Å². The number of anilines is 2. The molecule has 2 N–H and O–H groups in total. The molecule has 17 heavy (non-hydrogen) atoms. The van der Waals surface area contributed by atoms with Gasteiger partial charge < -0.3 is 10.6 Å². The van der Waals surface area contributed by atoms with Crippen molar-refractivity contribution < 1.29 is 4.79 Å². The third-order valence-corrected chi connectivity index (χ3v) is 2.60. The number of hydrogen-bond acceptors (Lipinski definition) is 3. The van der Waals surface area contributed by atoms with Gasteiger partial charge in [-0.15, -0.1) is 0 Å². The highest BCUT2D eigenvalue weighted by Crippen LogP contribution is 2.16. The number of carbonyl (C=O) groups excluding carboxylic acids is 1. The second kappa shape index (κ2) is 5.48. The fourth-order valence-corrected chi connectivity index (χ4v) is 1.84. The molecule has 1 aromatic carbocycles. The van der Waals surface area contributed by atoms with E-state index in [9.17, 15) is 4.79 Å². The zero-order valence-corrected chi connectivity index (χ0v) is 9.99. The van der Waals surface area contributed by atoms with Gasteiger partial charge in [0.05, 0.1) is 0 Å². The zero-order valence-electron chi connectivity index (χ0n) is 9.99. The summed E-state index contributed by atoms with van der Waals surface area (Å²) in [4.78, 5) is 15.4. The highest BCUT2D eigenvalue weighted by Gasteiger charge is 2.05. The lowest BCUT2D eigenvalue weighted by Crippen LogP contribution is -2.16. The molecule has 1 heterocycles. The minimum absolute atomic E-state index is 0.0582. The maximum absolute atomic E-state index is 11.0. The van der Waals surface area contributed by atoms with E-state index in [1.54, 1.807) is 0 Å². The molecule has 0 atom stereocenters. The zero-order chi connectivity index (χ0) is 12.1. The summed E-state index contributed by atoms with van der Waals surface area (Å²) in [5.41, 5.74) is 1.77. The van der Waals surface area contributed by atoms with Crippen LogP contribution >= 0.6 is 0 Å². The Morgan fingerprint density at radius 2 is 2.12 bits per heavy atom. The van der Waals surface area contributed by atoms with Crippen LogP contribution in [0.3, 0.4) is 0 Å². The quantitative estimate of drug-likeness (QED) is 0.822. The molecule has 1 aliphatic heterocycles. The van der Waals surface area contributed by atoms with Crippen molar-refractivity contribution in [3.8, 4) is 0 Å². The van der Waals surface area contributed by atoms with Crippen LogP contribution in [0.5, 0.6) is 0 Å². The van der Waals surface area contributed by atoms with Crippen molar-refractivity contribution in [3.05, 3.63) is 24.3 Å². The molecule has 90 valence electrons. The van der Waals surface area contributed by atoms with Crippen molar-refractivity contribution >= 4 is 23.1 Å². The van der Waals surface area contributed by atoms with E-state index in [-0.39, 0.29) is 5.91 Å². The molecule has 2 rings (SSSR count). The van der Waals surface area contributed by atoms with Crippen LogP contribution in [-0.4, -0.2) is 18.3 Å². The average Bonchev–Trinajstić information content (AvgIpc) is 2.30. The Bertz CT molecular complexity index is 440. The van der Waals surface area contributed by atoms with E-state index in [0.29, 0.717) is 0 Å². The number of benzene rings is 1. The van der Waals surface area contributed by atoms with Crippen molar-refractivity contribution in [1.29, 1.82) is 0 Å². The molecule has 0 saturated carbocycles. The van der Waals surface area contributed by atoms with Crippen LogP contribution in [0.4, 0.5) is 11.4 Å². The van der Waals surface area contributed by atoms with Gasteiger partial charge in [0.25, 0.3) is 0 Å². The summed E-state index contributed by atoms with van der Waals surface area (Å²) in [5, 5.41) is 6.06. The van der Waals surface area contributed by atoms with Gasteiger partial charge in [-0.2, -0.15) is 0 Å². The second-order valence-electron chi connectivity index (χ2n) is 4.17. The first kappa shape index (κ1) is 11.6. The first-order valence-corrected chi connectivity index (χ1v) is 5.92. The van der Waals surface area contributed by atoms with Gasteiger partial charge in [-0.25, -0.2) is 0 Å². The Kier molecular flexibility index (Phi) is 3.75. The van der Waals surface area contributed by atoms with Crippen LogP contribution in [0.2, 0.25) is 0 Å². The molecule has 0 fully saturated rings. The summed E-state index contributed by atoms with van der Waals surface area (Å²) < 4.78 is 0. The van der Waals surface area contributed by atoms with E-state index in [1.165, 1.54) is 19.8 Å². The van der Waals surface area contributed by atoms with Crippen LogP contribution in [0.25, 0.3) is 0 Å². The fourth-order valence-electron chi connectivity index (χ4n) is 1.84. The van der Waals surface area contributed by atoms with E-state index < -0.39 is 0 Å². The molecule has 0 saturated heterocycles. The van der Waals surface area contributed by atoms with Crippen LogP contribution in [0.1, 0.15) is 26.2 Å². The van der Waals surface area contributed by atoms with Crippen LogP contribution in [0.15, 0.2) is 29.3 Å². The van der Waals surface area contributed by atoms with Gasteiger partial charge in [-0.05, 0) is 31.0 Å². The van der Waals surface area contributed by atoms with Gasteiger partial charge in [0.15, 0.2) is 0 Å². The van der Waals surface area contributed by atoms with Gasteiger partial charge in [-0.1, -0.05) is 6.07 Å². The lowest BCUT2D eigenvalue weighted by Gasteiger charge is -2.14. The Morgan fingerprint density at radius 3 is 2.82 bits per heavy atom. The number of amidine groups is 1. The topological polar surface area (TPSA) is 53.5 Å². The van der Waals surface area contributed by atoms with E-state index in [0.717, 1.165) is 30.2 Å². The number of hydrogen-bond donors (Lipinski definition) is 2. The molecule has 0 bridgehead atoms. The average molecular weight is 231 g/mol. The summed E-state index contributed by atoms with van der Waals surface area (Å²) in [5.74, 6) is 0.980. The number of rotatable bonds is 2. The molecule has 4 nitrogen and oxygen atoms in total. The van der Waals surface area contributed by atoms with Gasteiger partial charge >= 0.3 is 0 Å². The van der Waals surface area contributed by atoms with Crippen LogP contribution < -0.4 is 10.6 Å². The summed E-state index contributed by atoms with van der Waals surface area (Å²) in [6.45, 7) is 2.42. The molecule has 0 aliphatic carbocycles. The van der Waals surface area contributed by atoms with Crippen molar-refractivity contribution in [2.75, 3.05) is 17.2 Å². The maximum Gasteiger partial charge on any atom is 0.221 e. The normalized spacial score (nSPS) is 15.0. The van der Waals surface area contributed by atoms with Crippen molar-refractivity contribution in [2.24, 2.45) is 4.99 Å². The Labute approximate surface area is 101 Å². The molecule has 0 spiro atoms. The Balaban J connectivity index is 2.05. The maximum atomic E-state index is 11.0. The van der Waals surface area contributed by atoms with E-state index in [4.69, 9.17) is 0 Å². The highest BCUT2D eigenvalue weighted by atomic mass is 16.1. The molecule has 1 aliphatic rings. The first-order valence-electron chi connectivity index (χ1n) is 5.92. The smallest absolute Gasteiger partial charge is 0.221 e. The molecule has 0 unspecified atom stereocenters. The second-order valence-corrected chi connectivity index (χ2v) is 4.17. The lowest BCUT2D eigenvalue weighted by atomic mass is 10.1. The Morgan fingerprint density at radius 1 is 1.29 bits per heavy atom. The largest absolute Gasteiger partial charge is 0.344 e. The number of amides is 1. The predicted octanol–water partition coefficient (Wildman–Crippen LogP) is 2.64. The minimum atomic E-state index is -0.0582. The summed E-state index contributed by atoms with van der Waals surface area (Å²) in [6, 6.07) is 7.67. The minimum Gasteiger partial charge on any atom is -0.344 e. The summed E-state index contributed by atoms with van der Waals surface area (Å²) in [7, 11) is 0. The van der Waals surface area contributed by atoms with Gasteiger partial charge in [0.2, 0.25) is 5.91 Å². The van der Waals surface area contributed by atoms with Crippen LogP contribution in [0, 0.1) is 0 Å². The third-order valence-electron chi connectivity index (χ3n) is 2.60. The fraction of sp³-hybridized carbons (Fsp3) is 0.385. The molecule has 4 heteroatoms. The molecular formula is C13H17N3O. The SMILES string of the molecule is CC(=O)Nc1cccc(NC2=NCCCC2)c1. The van der Waals surface area contributed by atoms with Gasteiger partial charge in [0.1, 0.15) is 5.84 Å². The first-order chi connectivity index (χ1) is 8.24. The van der Waals surface area contributed by atoms with Gasteiger partial charge in [-0.3, -0.25) is 9.79 Å². The van der Waals surface area contributed by atoms with Crippen molar-refractivity contribution in [1.82, 2.24) is 0 Å². The summed E-state index contributed by atoms with van der Waals surface area (Å²) >= 11 is 0.